The molecule has 5 rings (SSSR count). The summed E-state index contributed by atoms with van der Waals surface area (Å²) in [4.78, 5) is 32.0. The highest BCUT2D eigenvalue weighted by molar-refractivity contribution is 6.09. The van der Waals surface area contributed by atoms with Crippen molar-refractivity contribution < 1.29 is 31.2 Å². The van der Waals surface area contributed by atoms with Crippen LogP contribution in [0.5, 0.6) is 0 Å². The number of unbranched alkanes of at least 4 members (excludes halogenated alkanes) is 3. The quantitative estimate of drug-likeness (QED) is 0.0602. The number of anilines is 1. The van der Waals surface area contributed by atoms with Crippen LogP contribution in [0, 0.1) is 0 Å². The summed E-state index contributed by atoms with van der Waals surface area (Å²) in [6.07, 6.45) is 8.42. The summed E-state index contributed by atoms with van der Waals surface area (Å²) in [6, 6.07) is 21.1. The normalized spacial score (nSPS) is 13.5. The Bertz CT molecular complexity index is 1820. The number of halogens is 1. The van der Waals surface area contributed by atoms with Crippen LogP contribution in [0.4, 0.5) is 5.69 Å². The highest BCUT2D eigenvalue weighted by atomic mass is 35.5. The zero-order valence-electron chi connectivity index (χ0n) is 31.1. The molecule has 0 N–H and O–H groups in total. The highest BCUT2D eigenvalue weighted by Crippen LogP contribution is 2.42. The summed E-state index contributed by atoms with van der Waals surface area (Å²) in [7, 11) is 0. The Balaban J connectivity index is 0.00000583. The lowest BCUT2D eigenvalue weighted by molar-refractivity contribution is -0.139. The Morgan fingerprint density at radius 1 is 0.863 bits per heavy atom. The first-order valence-corrected chi connectivity index (χ1v) is 18.6. The van der Waals surface area contributed by atoms with E-state index in [1.165, 1.54) is 6.92 Å². The molecule has 0 radical (unpaired) electrons. The van der Waals surface area contributed by atoms with Gasteiger partial charge in [0.1, 0.15) is 31.0 Å². The molecular weight excluding hydrogens is 660 g/mol. The molecule has 274 valence electrons. The second kappa shape index (κ2) is 19.5. The van der Waals surface area contributed by atoms with Crippen LogP contribution in [0.1, 0.15) is 70.7 Å². The Labute approximate surface area is 310 Å². The molecule has 0 spiro atoms. The van der Waals surface area contributed by atoms with Gasteiger partial charge in [-0.25, -0.2) is 4.58 Å². The van der Waals surface area contributed by atoms with Crippen LogP contribution in [-0.2, 0) is 9.53 Å². The molecule has 2 aromatic rings. The Morgan fingerprint density at radius 2 is 1.61 bits per heavy atom. The molecule has 1 aliphatic carbocycles. The van der Waals surface area contributed by atoms with Crippen LogP contribution in [0.25, 0.3) is 33.4 Å². The van der Waals surface area contributed by atoms with Gasteiger partial charge in [0.2, 0.25) is 5.36 Å². The van der Waals surface area contributed by atoms with Crippen molar-refractivity contribution >= 4 is 28.5 Å². The number of hydrogen-bond acceptors (Lipinski definition) is 6. The van der Waals surface area contributed by atoms with Gasteiger partial charge < -0.3 is 31.4 Å². The third-order valence-electron chi connectivity index (χ3n) is 9.93. The molecule has 1 saturated heterocycles. The molecule has 0 saturated carbocycles. The Kier molecular flexibility index (Phi) is 15.1. The van der Waals surface area contributed by atoms with Crippen LogP contribution < -0.4 is 27.2 Å². The number of rotatable bonds is 15. The fourth-order valence-corrected chi connectivity index (χ4v) is 7.09. The first kappa shape index (κ1) is 39.6. The van der Waals surface area contributed by atoms with Gasteiger partial charge in [-0.2, -0.15) is 0 Å². The van der Waals surface area contributed by atoms with Crippen LogP contribution in [-0.4, -0.2) is 87.2 Å². The maximum atomic E-state index is 14.3. The molecule has 2 heterocycles. The van der Waals surface area contributed by atoms with Gasteiger partial charge in [-0.3, -0.25) is 14.5 Å². The van der Waals surface area contributed by atoms with E-state index in [9.17, 15) is 9.59 Å². The Morgan fingerprint density at radius 3 is 2.31 bits per heavy atom. The smallest absolute Gasteiger partial charge is 0.302 e. The third-order valence-corrected chi connectivity index (χ3v) is 9.93. The number of carbonyl (C=O) groups is 2. The minimum absolute atomic E-state index is 0. The van der Waals surface area contributed by atoms with Gasteiger partial charge >= 0.3 is 5.97 Å². The average molecular weight is 715 g/mol. The number of piperazine rings is 1. The summed E-state index contributed by atoms with van der Waals surface area (Å²) >= 11 is 0. The standard InChI is InChI=1S/C42H55N4O4.ClH/c1-6-44(7-2)33-20-22-37-39(30-33)50-40-31-34(45(8-3)9-4)21-23-38(40)41(37)35-18-14-15-19-36(35)42(48)46-27-25-43(26-28-46)24-16-12-10-11-13-17-29-49-32(5)47;/h13-15,17-23,30-31H,6-12,16,24-29H2,1-5H3;1H/q+1;/p-1/b17-13+;. The molecule has 2 aliphatic heterocycles. The van der Waals surface area contributed by atoms with E-state index in [4.69, 9.17) is 9.15 Å². The number of benzene rings is 3. The molecule has 0 bridgehead atoms. The molecule has 0 aromatic heterocycles. The van der Waals surface area contributed by atoms with Gasteiger partial charge in [0.15, 0.2) is 0 Å². The summed E-state index contributed by atoms with van der Waals surface area (Å²) in [5, 5.41) is 2.14. The largest absolute Gasteiger partial charge is 1.00 e. The monoisotopic (exact) mass is 714 g/mol. The van der Waals surface area contributed by atoms with Crippen LogP contribution in [0.2, 0.25) is 0 Å². The predicted octanol–water partition coefficient (Wildman–Crippen LogP) is 4.30. The second-order valence-corrected chi connectivity index (χ2v) is 13.0. The number of nitrogens with zero attached hydrogens (tertiary/aromatic N) is 4. The topological polar surface area (TPSA) is 69.2 Å². The van der Waals surface area contributed by atoms with Crippen molar-refractivity contribution in [2.24, 2.45) is 0 Å². The van der Waals surface area contributed by atoms with Gasteiger partial charge in [-0.05, 0) is 83.3 Å². The van der Waals surface area contributed by atoms with E-state index in [0.717, 1.165) is 135 Å². The van der Waals surface area contributed by atoms with E-state index in [0.29, 0.717) is 6.61 Å². The number of carbonyl (C=O) groups excluding carboxylic acids is 2. The number of hydrogen-bond donors (Lipinski definition) is 0. The Hall–Kier alpha value is -4.14. The minimum atomic E-state index is -0.246. The van der Waals surface area contributed by atoms with Crippen molar-refractivity contribution in [3.05, 3.63) is 83.7 Å². The third kappa shape index (κ3) is 9.80. The van der Waals surface area contributed by atoms with Gasteiger partial charge in [0.25, 0.3) is 5.91 Å². The first-order chi connectivity index (χ1) is 24.4. The summed E-state index contributed by atoms with van der Waals surface area (Å²) in [5.74, 6) is 0.661. The molecule has 1 amide bonds. The molecular formula is C42H55ClN4O4. The molecule has 0 atom stereocenters. The van der Waals surface area contributed by atoms with Crippen LogP contribution >= 0.6 is 0 Å². The number of esters is 1. The fourth-order valence-electron chi connectivity index (χ4n) is 7.09. The van der Waals surface area contributed by atoms with Crippen molar-refractivity contribution in [3.63, 3.8) is 0 Å². The van der Waals surface area contributed by atoms with E-state index in [1.807, 2.05) is 29.2 Å². The molecule has 2 aromatic carbocycles. The molecule has 51 heavy (non-hydrogen) atoms. The maximum absolute atomic E-state index is 14.3. The minimum Gasteiger partial charge on any atom is -1.00 e. The van der Waals surface area contributed by atoms with Gasteiger partial charge in [-0.1, -0.05) is 36.8 Å². The highest BCUT2D eigenvalue weighted by Gasteiger charge is 2.27. The number of ether oxygens (including phenoxy) is 1. The van der Waals surface area contributed by atoms with Gasteiger partial charge in [0, 0.05) is 86.1 Å². The zero-order chi connectivity index (χ0) is 35.5. The summed E-state index contributed by atoms with van der Waals surface area (Å²) in [5.41, 5.74) is 5.68. The average Bonchev–Trinajstić information content (AvgIpc) is 3.14. The van der Waals surface area contributed by atoms with E-state index in [1.54, 1.807) is 0 Å². The first-order valence-electron chi connectivity index (χ1n) is 18.6. The van der Waals surface area contributed by atoms with Crippen molar-refractivity contribution in [2.45, 2.75) is 60.3 Å². The lowest BCUT2D eigenvalue weighted by Crippen LogP contribution is -3.00. The van der Waals surface area contributed by atoms with Crippen molar-refractivity contribution in [1.29, 1.82) is 0 Å². The number of allylic oxidation sites excluding steroid dienone is 1. The summed E-state index contributed by atoms with van der Waals surface area (Å²) in [6.45, 7) is 18.4. The second-order valence-electron chi connectivity index (χ2n) is 13.0. The van der Waals surface area contributed by atoms with E-state index in [-0.39, 0.29) is 24.3 Å². The van der Waals surface area contributed by atoms with E-state index >= 15 is 0 Å². The lowest BCUT2D eigenvalue weighted by Gasteiger charge is -2.35. The maximum Gasteiger partial charge on any atom is 0.302 e. The fraction of sp³-hybridized carbons (Fsp3) is 0.452. The van der Waals surface area contributed by atoms with Crippen LogP contribution in [0.3, 0.4) is 0 Å². The van der Waals surface area contributed by atoms with E-state index < -0.39 is 0 Å². The van der Waals surface area contributed by atoms with Crippen molar-refractivity contribution in [3.8, 4) is 22.5 Å². The van der Waals surface area contributed by atoms with Gasteiger partial charge in [-0.15, -0.1) is 0 Å². The number of fused-ring (bicyclic) bond motifs is 2. The molecule has 0 unspecified atom stereocenters. The molecule has 3 aliphatic rings. The van der Waals surface area contributed by atoms with E-state index in [2.05, 4.69) is 90.6 Å². The van der Waals surface area contributed by atoms with Gasteiger partial charge in [0.05, 0.1) is 6.07 Å². The SMILES string of the molecule is CCN(CC)c1ccc2c(-c3ccccc3C(=O)N3CCN(CCCCC/C=C/COC(C)=O)CC3)c3ccc(=[N+](CC)CC)cc-3oc2c1.[Cl-]. The molecule has 1 fully saturated rings. The summed E-state index contributed by atoms with van der Waals surface area (Å²) < 4.78 is 14.0. The molecule has 9 heteroatoms. The predicted molar refractivity (Wildman–Crippen MR) is 205 cm³/mol. The lowest BCUT2D eigenvalue weighted by atomic mass is 9.90. The number of amides is 1. The van der Waals surface area contributed by atoms with Crippen molar-refractivity contribution in [2.75, 3.05) is 70.4 Å². The zero-order valence-corrected chi connectivity index (χ0v) is 31.9. The van der Waals surface area contributed by atoms with Crippen molar-refractivity contribution in [1.82, 2.24) is 14.4 Å². The van der Waals surface area contributed by atoms with Crippen LogP contribution in [0.15, 0.2) is 77.2 Å². The molecule has 8 nitrogen and oxygen atoms in total.